The summed E-state index contributed by atoms with van der Waals surface area (Å²) >= 11 is 0. The third kappa shape index (κ3) is 17.2. The number of aliphatic carboxylic acids is 2. The summed E-state index contributed by atoms with van der Waals surface area (Å²) in [7, 11) is 4.39. The first-order chi connectivity index (χ1) is 11.4. The third-order valence-electron chi connectivity index (χ3n) is 4.19. The molecule has 0 amide bonds. The lowest BCUT2D eigenvalue weighted by Crippen LogP contribution is -2.24. The second-order valence-electron chi connectivity index (χ2n) is 6.72. The van der Waals surface area contributed by atoms with Gasteiger partial charge in [0, 0.05) is 12.8 Å². The number of piperidine rings is 2. The number of carboxylic acids is 2. The van der Waals surface area contributed by atoms with Crippen LogP contribution in [0.2, 0.25) is 0 Å². The first kappa shape index (κ1) is 22.9. The van der Waals surface area contributed by atoms with Gasteiger partial charge < -0.3 is 20.0 Å². The summed E-state index contributed by atoms with van der Waals surface area (Å²) in [6.07, 6.45) is 9.57. The zero-order chi connectivity index (χ0) is 18.2. The highest BCUT2D eigenvalue weighted by Gasteiger charge is 2.03. The minimum atomic E-state index is -0.870. The molecule has 24 heavy (non-hydrogen) atoms. The lowest BCUT2D eigenvalue weighted by molar-refractivity contribution is -0.139. The van der Waals surface area contributed by atoms with Gasteiger partial charge in [-0.15, -0.1) is 0 Å². The van der Waals surface area contributed by atoms with Crippen molar-refractivity contribution in [3.8, 4) is 0 Å². The van der Waals surface area contributed by atoms with Gasteiger partial charge in [-0.25, -0.2) is 0 Å². The van der Waals surface area contributed by atoms with Gasteiger partial charge in [0.2, 0.25) is 0 Å². The molecule has 0 unspecified atom stereocenters. The van der Waals surface area contributed by atoms with Crippen molar-refractivity contribution in [3.63, 3.8) is 0 Å². The standard InChI is InChI=1S/2C6H13N.C6H10O4/c2*1-7-5-3-2-4-6-7;7-5(8)3-1-2-4-6(9)10/h2*2-6H2,1H3;1-4H2,(H,7,8)(H,9,10). The number of carbonyl (C=O) groups is 2. The van der Waals surface area contributed by atoms with E-state index in [0.717, 1.165) is 0 Å². The molecular weight excluding hydrogens is 308 g/mol. The van der Waals surface area contributed by atoms with Crippen LogP contribution in [-0.4, -0.2) is 72.2 Å². The molecule has 0 aromatic heterocycles. The van der Waals surface area contributed by atoms with Gasteiger partial charge in [-0.3, -0.25) is 9.59 Å². The van der Waals surface area contributed by atoms with Crippen LogP contribution in [0.5, 0.6) is 0 Å². The van der Waals surface area contributed by atoms with Crippen molar-refractivity contribution >= 4 is 11.9 Å². The molecule has 6 nitrogen and oxygen atoms in total. The van der Waals surface area contributed by atoms with Crippen molar-refractivity contribution in [2.75, 3.05) is 40.3 Å². The minimum Gasteiger partial charge on any atom is -0.481 e. The molecule has 6 heteroatoms. The van der Waals surface area contributed by atoms with Crippen molar-refractivity contribution < 1.29 is 19.8 Å². The maximum absolute atomic E-state index is 9.90. The van der Waals surface area contributed by atoms with E-state index in [2.05, 4.69) is 23.9 Å². The van der Waals surface area contributed by atoms with Gasteiger partial charge in [0.25, 0.3) is 0 Å². The van der Waals surface area contributed by atoms with E-state index in [9.17, 15) is 9.59 Å². The molecule has 2 saturated heterocycles. The van der Waals surface area contributed by atoms with Gasteiger partial charge in [-0.05, 0) is 78.8 Å². The molecule has 0 bridgehead atoms. The third-order valence-corrected chi connectivity index (χ3v) is 4.19. The van der Waals surface area contributed by atoms with Crippen molar-refractivity contribution in [3.05, 3.63) is 0 Å². The lowest BCUT2D eigenvalue weighted by Gasteiger charge is -2.20. The van der Waals surface area contributed by atoms with Crippen molar-refractivity contribution in [1.29, 1.82) is 0 Å². The van der Waals surface area contributed by atoms with Gasteiger partial charge in [-0.2, -0.15) is 0 Å². The Bertz CT molecular complexity index is 293. The van der Waals surface area contributed by atoms with Crippen molar-refractivity contribution in [2.45, 2.75) is 64.2 Å². The number of carboxylic acid groups (broad SMARTS) is 2. The fourth-order valence-electron chi connectivity index (χ4n) is 2.66. The average Bonchev–Trinajstić information content (AvgIpc) is 2.54. The monoisotopic (exact) mass is 344 g/mol. The van der Waals surface area contributed by atoms with Crippen LogP contribution < -0.4 is 0 Å². The van der Waals surface area contributed by atoms with E-state index in [1.807, 2.05) is 0 Å². The molecule has 2 N–H and O–H groups in total. The van der Waals surface area contributed by atoms with Crippen LogP contribution in [0.25, 0.3) is 0 Å². The molecule has 0 radical (unpaired) electrons. The van der Waals surface area contributed by atoms with Crippen LogP contribution >= 0.6 is 0 Å². The SMILES string of the molecule is CN1CCCCC1.CN1CCCCC1.O=C(O)CCCCC(=O)O. The van der Waals surface area contributed by atoms with Gasteiger partial charge in [0.1, 0.15) is 0 Å². The van der Waals surface area contributed by atoms with E-state index in [-0.39, 0.29) is 12.8 Å². The van der Waals surface area contributed by atoms with E-state index >= 15 is 0 Å². The van der Waals surface area contributed by atoms with E-state index in [0.29, 0.717) is 12.8 Å². The average molecular weight is 344 g/mol. The van der Waals surface area contributed by atoms with Crippen molar-refractivity contribution in [2.24, 2.45) is 0 Å². The molecule has 0 aromatic carbocycles. The Balaban J connectivity index is 0.000000337. The summed E-state index contributed by atoms with van der Waals surface area (Å²) in [4.78, 5) is 24.6. The smallest absolute Gasteiger partial charge is 0.303 e. The lowest BCUT2D eigenvalue weighted by atomic mass is 10.1. The van der Waals surface area contributed by atoms with E-state index in [1.165, 1.54) is 64.7 Å². The fourth-order valence-corrected chi connectivity index (χ4v) is 2.66. The number of likely N-dealkylation sites (tertiary alicyclic amines) is 2. The molecule has 0 saturated carbocycles. The summed E-state index contributed by atoms with van der Waals surface area (Å²) < 4.78 is 0. The van der Waals surface area contributed by atoms with Crippen LogP contribution in [0.4, 0.5) is 0 Å². The van der Waals surface area contributed by atoms with Crippen LogP contribution in [0.15, 0.2) is 0 Å². The van der Waals surface area contributed by atoms with Crippen LogP contribution in [0.1, 0.15) is 64.2 Å². The highest BCUT2D eigenvalue weighted by molar-refractivity contribution is 5.67. The van der Waals surface area contributed by atoms with Gasteiger partial charge in [0.05, 0.1) is 0 Å². The summed E-state index contributed by atoms with van der Waals surface area (Å²) in [5.41, 5.74) is 0. The number of nitrogens with zero attached hydrogens (tertiary/aromatic N) is 2. The Morgan fingerprint density at radius 2 is 0.958 bits per heavy atom. The zero-order valence-electron chi connectivity index (χ0n) is 15.5. The highest BCUT2D eigenvalue weighted by atomic mass is 16.4. The largest absolute Gasteiger partial charge is 0.481 e. The van der Waals surface area contributed by atoms with Gasteiger partial charge >= 0.3 is 11.9 Å². The second-order valence-corrected chi connectivity index (χ2v) is 6.72. The predicted octanol–water partition coefficient (Wildman–Crippen LogP) is 2.92. The number of rotatable bonds is 5. The van der Waals surface area contributed by atoms with Gasteiger partial charge in [-0.1, -0.05) is 12.8 Å². The normalized spacial score (nSPS) is 18.6. The number of unbranched alkanes of at least 4 members (excludes halogenated alkanes) is 1. The topological polar surface area (TPSA) is 81.1 Å². The quantitative estimate of drug-likeness (QED) is 0.746. The first-order valence-electron chi connectivity index (χ1n) is 9.22. The number of hydrogen-bond acceptors (Lipinski definition) is 4. The molecule has 0 atom stereocenters. The molecule has 142 valence electrons. The molecule has 2 fully saturated rings. The molecule has 2 aliphatic heterocycles. The van der Waals surface area contributed by atoms with E-state index in [4.69, 9.17) is 10.2 Å². The summed E-state index contributed by atoms with van der Waals surface area (Å²) in [5.74, 6) is -1.74. The Morgan fingerprint density at radius 3 is 1.12 bits per heavy atom. The summed E-state index contributed by atoms with van der Waals surface area (Å²) in [5, 5.41) is 16.3. The molecule has 2 rings (SSSR count). The second kappa shape index (κ2) is 15.4. The predicted molar refractivity (Wildman–Crippen MR) is 96.4 cm³/mol. The molecule has 0 aliphatic carbocycles. The van der Waals surface area contributed by atoms with E-state index < -0.39 is 11.9 Å². The zero-order valence-corrected chi connectivity index (χ0v) is 15.5. The maximum Gasteiger partial charge on any atom is 0.303 e. The van der Waals surface area contributed by atoms with E-state index in [1.54, 1.807) is 0 Å². The molecule has 0 aromatic rings. The Hall–Kier alpha value is -1.14. The summed E-state index contributed by atoms with van der Waals surface area (Å²) in [6, 6.07) is 0. The van der Waals surface area contributed by atoms with Crippen LogP contribution in [0.3, 0.4) is 0 Å². The molecule has 0 spiro atoms. The van der Waals surface area contributed by atoms with Crippen LogP contribution in [0, 0.1) is 0 Å². The Labute approximate surface area is 146 Å². The Kier molecular flexibility index (Phi) is 14.7. The minimum absolute atomic E-state index is 0.0628. The van der Waals surface area contributed by atoms with Crippen molar-refractivity contribution in [1.82, 2.24) is 9.80 Å². The maximum atomic E-state index is 9.90. The number of hydrogen-bond donors (Lipinski definition) is 2. The molecule has 2 heterocycles. The Morgan fingerprint density at radius 1 is 0.667 bits per heavy atom. The highest BCUT2D eigenvalue weighted by Crippen LogP contribution is 2.05. The first-order valence-corrected chi connectivity index (χ1v) is 9.22. The fraction of sp³-hybridized carbons (Fsp3) is 0.889. The molecule has 2 aliphatic rings. The van der Waals surface area contributed by atoms with Crippen LogP contribution in [-0.2, 0) is 9.59 Å². The molecular formula is C18H36N2O4. The summed E-state index contributed by atoms with van der Waals surface area (Å²) in [6.45, 7) is 5.28. The van der Waals surface area contributed by atoms with Gasteiger partial charge in [0.15, 0.2) is 0 Å².